The summed E-state index contributed by atoms with van der Waals surface area (Å²) in [6.07, 6.45) is 2.59. The van der Waals surface area contributed by atoms with Gasteiger partial charge >= 0.3 is 0 Å². The van der Waals surface area contributed by atoms with Crippen LogP contribution in [0.5, 0.6) is 0 Å². The highest BCUT2D eigenvalue weighted by Crippen LogP contribution is 2.33. The standard InChI is InChI=1S/C18H29FN2/c1-18(2,3)17(15-7-9-16(19)10-8-15)20-12-14-6-5-11-21(4)13-14/h7-10,14,17,20H,5-6,11-13H2,1-4H3. The zero-order valence-electron chi connectivity index (χ0n) is 13.8. The molecule has 2 rings (SSSR count). The second-order valence-electron chi connectivity index (χ2n) is 7.53. The normalized spacial score (nSPS) is 22.2. The monoisotopic (exact) mass is 292 g/mol. The molecule has 21 heavy (non-hydrogen) atoms. The predicted octanol–water partition coefficient (Wildman–Crippen LogP) is 3.84. The predicted molar refractivity (Wildman–Crippen MR) is 86.8 cm³/mol. The molecule has 1 N–H and O–H groups in total. The molecule has 0 amide bonds. The molecular weight excluding hydrogens is 263 g/mol. The summed E-state index contributed by atoms with van der Waals surface area (Å²) >= 11 is 0. The molecule has 1 aromatic rings. The Morgan fingerprint density at radius 1 is 1.29 bits per heavy atom. The van der Waals surface area contributed by atoms with Crippen LogP contribution in [0.15, 0.2) is 24.3 Å². The molecule has 0 saturated carbocycles. The summed E-state index contributed by atoms with van der Waals surface area (Å²) < 4.78 is 13.1. The summed E-state index contributed by atoms with van der Waals surface area (Å²) in [5.41, 5.74) is 1.28. The van der Waals surface area contributed by atoms with Crippen LogP contribution < -0.4 is 5.32 Å². The number of rotatable bonds is 4. The SMILES string of the molecule is CN1CCCC(CNC(c2ccc(F)cc2)C(C)(C)C)C1. The lowest BCUT2D eigenvalue weighted by Gasteiger charge is -2.35. The quantitative estimate of drug-likeness (QED) is 0.907. The van der Waals surface area contributed by atoms with Crippen LogP contribution in [0.1, 0.15) is 45.2 Å². The van der Waals surface area contributed by atoms with Crippen molar-refractivity contribution in [3.8, 4) is 0 Å². The lowest BCUT2D eigenvalue weighted by Crippen LogP contribution is -2.41. The van der Waals surface area contributed by atoms with Crippen molar-refractivity contribution >= 4 is 0 Å². The Labute approximate surface area is 128 Å². The molecule has 0 bridgehead atoms. The van der Waals surface area contributed by atoms with Gasteiger partial charge in [0.05, 0.1) is 0 Å². The van der Waals surface area contributed by atoms with E-state index < -0.39 is 0 Å². The van der Waals surface area contributed by atoms with Crippen molar-refractivity contribution in [2.24, 2.45) is 11.3 Å². The van der Waals surface area contributed by atoms with Crippen LogP contribution in [-0.4, -0.2) is 31.6 Å². The molecule has 1 aromatic carbocycles. The minimum absolute atomic E-state index is 0.110. The molecule has 1 saturated heterocycles. The molecule has 1 heterocycles. The van der Waals surface area contributed by atoms with Crippen LogP contribution >= 0.6 is 0 Å². The van der Waals surface area contributed by atoms with E-state index in [9.17, 15) is 4.39 Å². The highest BCUT2D eigenvalue weighted by atomic mass is 19.1. The third kappa shape index (κ3) is 4.79. The fraction of sp³-hybridized carbons (Fsp3) is 0.667. The molecule has 0 spiro atoms. The molecule has 1 aliphatic heterocycles. The summed E-state index contributed by atoms with van der Waals surface area (Å²) in [4.78, 5) is 2.42. The van der Waals surface area contributed by atoms with Crippen molar-refractivity contribution < 1.29 is 4.39 Å². The Morgan fingerprint density at radius 3 is 2.52 bits per heavy atom. The van der Waals surface area contributed by atoms with E-state index in [1.165, 1.54) is 31.5 Å². The van der Waals surface area contributed by atoms with Gasteiger partial charge in [-0.15, -0.1) is 0 Å². The van der Waals surface area contributed by atoms with Gasteiger partial charge in [0, 0.05) is 12.6 Å². The topological polar surface area (TPSA) is 15.3 Å². The van der Waals surface area contributed by atoms with Gasteiger partial charge in [0.15, 0.2) is 0 Å². The first-order valence-corrected chi connectivity index (χ1v) is 8.03. The van der Waals surface area contributed by atoms with Crippen molar-refractivity contribution in [1.29, 1.82) is 0 Å². The van der Waals surface area contributed by atoms with E-state index in [2.05, 4.69) is 38.0 Å². The maximum Gasteiger partial charge on any atom is 0.123 e. The van der Waals surface area contributed by atoms with Gasteiger partial charge in [0.1, 0.15) is 5.82 Å². The fourth-order valence-electron chi connectivity index (χ4n) is 3.30. The molecular formula is C18H29FN2. The Bertz CT molecular complexity index is 436. The number of hydrogen-bond acceptors (Lipinski definition) is 2. The molecule has 0 aromatic heterocycles. The van der Waals surface area contributed by atoms with Crippen molar-refractivity contribution in [2.45, 2.75) is 39.7 Å². The van der Waals surface area contributed by atoms with Crippen LogP contribution in [0.25, 0.3) is 0 Å². The van der Waals surface area contributed by atoms with Crippen LogP contribution in [0, 0.1) is 17.2 Å². The van der Waals surface area contributed by atoms with E-state index in [0.29, 0.717) is 5.92 Å². The van der Waals surface area contributed by atoms with E-state index in [1.807, 2.05) is 12.1 Å². The zero-order valence-corrected chi connectivity index (χ0v) is 13.8. The van der Waals surface area contributed by atoms with Gasteiger partial charge in [0.2, 0.25) is 0 Å². The van der Waals surface area contributed by atoms with Gasteiger partial charge in [-0.2, -0.15) is 0 Å². The largest absolute Gasteiger partial charge is 0.309 e. The molecule has 2 atom stereocenters. The number of benzene rings is 1. The lowest BCUT2D eigenvalue weighted by molar-refractivity contribution is 0.187. The molecule has 3 heteroatoms. The molecule has 2 nitrogen and oxygen atoms in total. The van der Waals surface area contributed by atoms with Crippen molar-refractivity contribution in [3.63, 3.8) is 0 Å². The van der Waals surface area contributed by atoms with E-state index in [4.69, 9.17) is 0 Å². The molecule has 0 radical (unpaired) electrons. The molecule has 0 aliphatic carbocycles. The first-order valence-electron chi connectivity index (χ1n) is 8.03. The Balaban J connectivity index is 2.02. The molecule has 2 unspecified atom stereocenters. The van der Waals surface area contributed by atoms with E-state index >= 15 is 0 Å². The van der Waals surface area contributed by atoms with E-state index in [-0.39, 0.29) is 17.3 Å². The minimum Gasteiger partial charge on any atom is -0.309 e. The Morgan fingerprint density at radius 2 is 1.95 bits per heavy atom. The number of halogens is 1. The third-order valence-corrected chi connectivity index (χ3v) is 4.40. The van der Waals surface area contributed by atoms with E-state index in [1.54, 1.807) is 12.1 Å². The maximum atomic E-state index is 13.1. The highest BCUT2D eigenvalue weighted by molar-refractivity contribution is 5.21. The lowest BCUT2D eigenvalue weighted by atomic mass is 9.82. The second-order valence-corrected chi connectivity index (χ2v) is 7.53. The summed E-state index contributed by atoms with van der Waals surface area (Å²) in [5, 5.41) is 3.74. The first kappa shape index (κ1) is 16.4. The zero-order chi connectivity index (χ0) is 15.5. The highest BCUT2D eigenvalue weighted by Gasteiger charge is 2.27. The average Bonchev–Trinajstić information content (AvgIpc) is 2.39. The van der Waals surface area contributed by atoms with Gasteiger partial charge in [-0.1, -0.05) is 32.9 Å². The summed E-state index contributed by atoms with van der Waals surface area (Å²) in [6.45, 7) is 10.1. The number of nitrogens with one attached hydrogen (secondary N) is 1. The summed E-state index contributed by atoms with van der Waals surface area (Å²) in [7, 11) is 2.20. The number of nitrogens with zero attached hydrogens (tertiary/aromatic N) is 1. The maximum absolute atomic E-state index is 13.1. The van der Waals surface area contributed by atoms with Crippen LogP contribution in [0.4, 0.5) is 4.39 Å². The van der Waals surface area contributed by atoms with Crippen LogP contribution in [0.2, 0.25) is 0 Å². The smallest absolute Gasteiger partial charge is 0.123 e. The van der Waals surface area contributed by atoms with Gasteiger partial charge in [-0.05, 0) is 62.0 Å². The van der Waals surface area contributed by atoms with Crippen molar-refractivity contribution in [2.75, 3.05) is 26.7 Å². The number of likely N-dealkylation sites (tertiary alicyclic amines) is 1. The third-order valence-electron chi connectivity index (χ3n) is 4.40. The summed E-state index contributed by atoms with van der Waals surface area (Å²) in [6, 6.07) is 7.19. The molecule has 1 fully saturated rings. The average molecular weight is 292 g/mol. The Hall–Kier alpha value is -0.930. The molecule has 1 aliphatic rings. The van der Waals surface area contributed by atoms with Crippen LogP contribution in [0.3, 0.4) is 0 Å². The second kappa shape index (κ2) is 6.89. The van der Waals surface area contributed by atoms with Gasteiger partial charge in [-0.3, -0.25) is 0 Å². The summed E-state index contributed by atoms with van der Waals surface area (Å²) in [5.74, 6) is 0.550. The van der Waals surface area contributed by atoms with E-state index in [0.717, 1.165) is 6.54 Å². The first-order chi connectivity index (χ1) is 9.86. The Kier molecular flexibility index (Phi) is 5.39. The molecule has 118 valence electrons. The fourth-order valence-corrected chi connectivity index (χ4v) is 3.30. The van der Waals surface area contributed by atoms with Crippen molar-refractivity contribution in [1.82, 2.24) is 10.2 Å². The number of piperidine rings is 1. The number of hydrogen-bond donors (Lipinski definition) is 1. The van der Waals surface area contributed by atoms with Crippen molar-refractivity contribution in [3.05, 3.63) is 35.6 Å². The van der Waals surface area contributed by atoms with Gasteiger partial charge in [0.25, 0.3) is 0 Å². The van der Waals surface area contributed by atoms with Gasteiger partial charge < -0.3 is 10.2 Å². The van der Waals surface area contributed by atoms with Crippen LogP contribution in [-0.2, 0) is 0 Å². The minimum atomic E-state index is -0.166. The van der Waals surface area contributed by atoms with Gasteiger partial charge in [-0.25, -0.2) is 4.39 Å².